The van der Waals surface area contributed by atoms with Crippen LogP contribution in [-0.2, 0) is 10.0 Å². The summed E-state index contributed by atoms with van der Waals surface area (Å²) in [6.45, 7) is 5.76. The second kappa shape index (κ2) is 6.36. The molecular formula is C16H20N2O3S. The van der Waals surface area contributed by atoms with Crippen molar-refractivity contribution < 1.29 is 13.2 Å². The average Bonchev–Trinajstić information content (AvgIpc) is 2.46. The van der Waals surface area contributed by atoms with E-state index in [1.807, 2.05) is 13.8 Å². The van der Waals surface area contributed by atoms with E-state index in [2.05, 4.69) is 9.71 Å². The summed E-state index contributed by atoms with van der Waals surface area (Å²) in [5.74, 6) is 0.862. The minimum absolute atomic E-state index is 0.158. The van der Waals surface area contributed by atoms with E-state index in [0.717, 1.165) is 5.56 Å². The van der Waals surface area contributed by atoms with Crippen molar-refractivity contribution in [3.8, 4) is 5.75 Å². The number of aromatic nitrogens is 1. The van der Waals surface area contributed by atoms with Crippen molar-refractivity contribution >= 4 is 15.7 Å². The van der Waals surface area contributed by atoms with Gasteiger partial charge in [0.15, 0.2) is 0 Å². The standard InChI is InChI=1S/C16H20N2O3S/c1-11(2)14-10-16(12(3)9-15(14)21-4)22(19,20)18-13-5-7-17-8-6-13/h5-11H,1-4H3,(H,17,18). The Morgan fingerprint density at radius 3 is 2.36 bits per heavy atom. The number of ether oxygens (including phenoxy) is 1. The van der Waals surface area contributed by atoms with Crippen LogP contribution < -0.4 is 9.46 Å². The lowest BCUT2D eigenvalue weighted by molar-refractivity contribution is 0.406. The van der Waals surface area contributed by atoms with Crippen LogP contribution in [0.25, 0.3) is 0 Å². The molecule has 22 heavy (non-hydrogen) atoms. The molecule has 0 saturated carbocycles. The van der Waals surface area contributed by atoms with Crippen LogP contribution in [0.15, 0.2) is 41.6 Å². The first-order valence-electron chi connectivity index (χ1n) is 6.96. The fourth-order valence-electron chi connectivity index (χ4n) is 2.22. The molecule has 0 aliphatic heterocycles. The normalized spacial score (nSPS) is 11.5. The molecule has 1 aromatic heterocycles. The molecule has 6 heteroatoms. The van der Waals surface area contributed by atoms with Gasteiger partial charge >= 0.3 is 0 Å². The minimum Gasteiger partial charge on any atom is -0.496 e. The minimum atomic E-state index is -3.66. The molecule has 2 aromatic rings. The first kappa shape index (κ1) is 16.3. The third kappa shape index (κ3) is 3.39. The number of anilines is 1. The highest BCUT2D eigenvalue weighted by Gasteiger charge is 2.21. The molecule has 0 aliphatic rings. The summed E-state index contributed by atoms with van der Waals surface area (Å²) in [7, 11) is -2.07. The van der Waals surface area contributed by atoms with Crippen LogP contribution in [0.3, 0.4) is 0 Å². The van der Waals surface area contributed by atoms with Gasteiger partial charge in [-0.1, -0.05) is 13.8 Å². The van der Waals surface area contributed by atoms with Gasteiger partial charge in [0.25, 0.3) is 10.0 Å². The van der Waals surface area contributed by atoms with E-state index >= 15 is 0 Å². The fraction of sp³-hybridized carbons (Fsp3) is 0.312. The maximum absolute atomic E-state index is 12.6. The van der Waals surface area contributed by atoms with Crippen LogP contribution in [0.5, 0.6) is 5.75 Å². The van der Waals surface area contributed by atoms with Crippen molar-refractivity contribution in [3.63, 3.8) is 0 Å². The number of nitrogens with one attached hydrogen (secondary N) is 1. The van der Waals surface area contributed by atoms with Gasteiger partial charge in [0.2, 0.25) is 0 Å². The van der Waals surface area contributed by atoms with Crippen molar-refractivity contribution in [2.75, 3.05) is 11.8 Å². The number of benzene rings is 1. The molecule has 0 saturated heterocycles. The zero-order chi connectivity index (χ0) is 16.3. The van der Waals surface area contributed by atoms with Gasteiger partial charge in [-0.3, -0.25) is 9.71 Å². The third-order valence-corrected chi connectivity index (χ3v) is 4.89. The van der Waals surface area contributed by atoms with Gasteiger partial charge in [-0.25, -0.2) is 8.42 Å². The number of aryl methyl sites for hydroxylation is 1. The highest BCUT2D eigenvalue weighted by atomic mass is 32.2. The van der Waals surface area contributed by atoms with Crippen molar-refractivity contribution in [2.24, 2.45) is 0 Å². The summed E-state index contributed by atoms with van der Waals surface area (Å²) in [4.78, 5) is 4.13. The summed E-state index contributed by atoms with van der Waals surface area (Å²) >= 11 is 0. The Morgan fingerprint density at radius 2 is 1.82 bits per heavy atom. The quantitative estimate of drug-likeness (QED) is 0.917. The summed E-state index contributed by atoms with van der Waals surface area (Å²) in [6.07, 6.45) is 3.08. The van der Waals surface area contributed by atoms with E-state index in [1.165, 1.54) is 12.4 Å². The zero-order valence-electron chi connectivity index (χ0n) is 13.1. The number of pyridine rings is 1. The Kier molecular flexibility index (Phi) is 4.71. The lowest BCUT2D eigenvalue weighted by atomic mass is 10.0. The molecular weight excluding hydrogens is 300 g/mol. The molecule has 1 N–H and O–H groups in total. The molecule has 1 heterocycles. The lowest BCUT2D eigenvalue weighted by Gasteiger charge is -2.17. The summed E-state index contributed by atoms with van der Waals surface area (Å²) in [5.41, 5.74) is 1.99. The smallest absolute Gasteiger partial charge is 0.262 e. The molecule has 0 unspecified atom stereocenters. The van der Waals surface area contributed by atoms with Crippen molar-refractivity contribution in [1.29, 1.82) is 0 Å². The van der Waals surface area contributed by atoms with Gasteiger partial charge in [0.1, 0.15) is 5.75 Å². The number of sulfonamides is 1. The zero-order valence-corrected chi connectivity index (χ0v) is 13.9. The van der Waals surface area contributed by atoms with E-state index in [9.17, 15) is 8.42 Å². The Morgan fingerprint density at radius 1 is 1.18 bits per heavy atom. The van der Waals surface area contributed by atoms with Crippen LogP contribution in [-0.4, -0.2) is 20.5 Å². The number of hydrogen-bond donors (Lipinski definition) is 1. The molecule has 0 spiro atoms. The van der Waals surface area contributed by atoms with E-state index in [1.54, 1.807) is 38.3 Å². The molecule has 0 atom stereocenters. The second-order valence-electron chi connectivity index (χ2n) is 5.36. The summed E-state index contributed by atoms with van der Waals surface area (Å²) in [5, 5.41) is 0. The maximum atomic E-state index is 12.6. The Labute approximate surface area is 131 Å². The molecule has 5 nitrogen and oxygen atoms in total. The SMILES string of the molecule is COc1cc(C)c(S(=O)(=O)Nc2ccncc2)cc1C(C)C. The van der Waals surface area contributed by atoms with Crippen molar-refractivity contribution in [1.82, 2.24) is 4.98 Å². The lowest BCUT2D eigenvalue weighted by Crippen LogP contribution is -2.15. The van der Waals surface area contributed by atoms with Crippen molar-refractivity contribution in [3.05, 3.63) is 47.8 Å². The molecule has 0 aliphatic carbocycles. The highest BCUT2D eigenvalue weighted by molar-refractivity contribution is 7.92. The largest absolute Gasteiger partial charge is 0.496 e. The third-order valence-electron chi connectivity index (χ3n) is 3.37. The predicted octanol–water partition coefficient (Wildman–Crippen LogP) is 3.32. The van der Waals surface area contributed by atoms with Crippen LogP contribution >= 0.6 is 0 Å². The maximum Gasteiger partial charge on any atom is 0.262 e. The van der Waals surface area contributed by atoms with Crippen LogP contribution in [0.1, 0.15) is 30.9 Å². The number of methoxy groups -OCH3 is 1. The molecule has 118 valence electrons. The van der Waals surface area contributed by atoms with Gasteiger partial charge in [0, 0.05) is 12.4 Å². The first-order valence-corrected chi connectivity index (χ1v) is 8.45. The van der Waals surface area contributed by atoms with E-state index in [4.69, 9.17) is 4.74 Å². The van der Waals surface area contributed by atoms with Crippen molar-refractivity contribution in [2.45, 2.75) is 31.6 Å². The second-order valence-corrected chi connectivity index (χ2v) is 7.01. The van der Waals surface area contributed by atoms with Crippen LogP contribution in [0.2, 0.25) is 0 Å². The van der Waals surface area contributed by atoms with Gasteiger partial charge < -0.3 is 4.74 Å². The number of nitrogens with zero attached hydrogens (tertiary/aromatic N) is 1. The van der Waals surface area contributed by atoms with E-state index in [0.29, 0.717) is 17.0 Å². The first-order chi connectivity index (χ1) is 10.3. The highest BCUT2D eigenvalue weighted by Crippen LogP contribution is 2.32. The fourth-order valence-corrected chi connectivity index (χ4v) is 3.55. The molecule has 0 amide bonds. The molecule has 0 fully saturated rings. The summed E-state index contributed by atoms with van der Waals surface area (Å²) in [6, 6.07) is 6.67. The Balaban J connectivity index is 2.49. The summed E-state index contributed by atoms with van der Waals surface area (Å²) < 4.78 is 33.2. The van der Waals surface area contributed by atoms with Gasteiger partial charge in [-0.2, -0.15) is 0 Å². The van der Waals surface area contributed by atoms with Gasteiger partial charge in [-0.15, -0.1) is 0 Å². The van der Waals surface area contributed by atoms with Crippen LogP contribution in [0, 0.1) is 6.92 Å². The van der Waals surface area contributed by atoms with Gasteiger partial charge in [-0.05, 0) is 48.2 Å². The number of hydrogen-bond acceptors (Lipinski definition) is 4. The predicted molar refractivity (Wildman–Crippen MR) is 86.9 cm³/mol. The Hall–Kier alpha value is -2.08. The monoisotopic (exact) mass is 320 g/mol. The van der Waals surface area contributed by atoms with E-state index in [-0.39, 0.29) is 10.8 Å². The topological polar surface area (TPSA) is 68.3 Å². The average molecular weight is 320 g/mol. The van der Waals surface area contributed by atoms with Crippen LogP contribution in [0.4, 0.5) is 5.69 Å². The number of rotatable bonds is 5. The molecule has 1 aromatic carbocycles. The molecule has 0 bridgehead atoms. The van der Waals surface area contributed by atoms with Gasteiger partial charge in [0.05, 0.1) is 17.7 Å². The molecule has 0 radical (unpaired) electrons. The van der Waals surface area contributed by atoms with E-state index < -0.39 is 10.0 Å². The Bertz CT molecular complexity index is 756. The molecule has 2 rings (SSSR count).